The second kappa shape index (κ2) is 8.15. The fraction of sp³-hybridized carbons (Fsp3) is 0.440. The third-order valence-corrected chi connectivity index (χ3v) is 7.52. The van der Waals surface area contributed by atoms with Crippen molar-refractivity contribution in [3.63, 3.8) is 0 Å². The zero-order chi connectivity index (χ0) is 25.1. The number of benzene rings is 1. The molecular formula is C25H26F3N5O2. The van der Waals surface area contributed by atoms with Crippen molar-refractivity contribution in [1.29, 1.82) is 0 Å². The van der Waals surface area contributed by atoms with Crippen LogP contribution in [0.1, 0.15) is 52.1 Å². The van der Waals surface area contributed by atoms with Crippen LogP contribution >= 0.6 is 0 Å². The molecule has 2 bridgehead atoms. The Morgan fingerprint density at radius 1 is 1.03 bits per heavy atom. The van der Waals surface area contributed by atoms with Crippen LogP contribution < -0.4 is 10.9 Å². The fourth-order valence-electron chi connectivity index (χ4n) is 5.44. The molecule has 0 saturated carbocycles. The number of piperidine rings is 3. The number of alkyl halides is 3. The SMILES string of the molecule is Cc1nc(NC(=O)c2cccc(C(F)(F)F)c2C)c2cn(C34CCN(CC3)CC4)c(=O)c(C)c2n1. The maximum absolute atomic E-state index is 13.4. The molecule has 1 amide bonds. The summed E-state index contributed by atoms with van der Waals surface area (Å²) in [6.07, 6.45) is -0.276. The zero-order valence-electron chi connectivity index (χ0n) is 19.8. The molecule has 2 aromatic heterocycles. The highest BCUT2D eigenvalue weighted by molar-refractivity contribution is 6.08. The molecule has 184 valence electrons. The fourth-order valence-corrected chi connectivity index (χ4v) is 5.44. The van der Waals surface area contributed by atoms with Crippen molar-refractivity contribution >= 4 is 22.6 Å². The molecule has 3 aliphatic rings. The Labute approximate surface area is 200 Å². The number of aromatic nitrogens is 3. The smallest absolute Gasteiger partial charge is 0.308 e. The van der Waals surface area contributed by atoms with Gasteiger partial charge in [-0.3, -0.25) is 9.59 Å². The summed E-state index contributed by atoms with van der Waals surface area (Å²) in [6, 6.07) is 3.52. The van der Waals surface area contributed by atoms with Crippen LogP contribution in [0, 0.1) is 20.8 Å². The predicted molar refractivity (Wildman–Crippen MR) is 126 cm³/mol. The molecule has 0 atom stereocenters. The van der Waals surface area contributed by atoms with E-state index in [4.69, 9.17) is 0 Å². The standard InChI is InChI=1S/C25H26F3N5O2/c1-14-17(5-4-6-19(14)25(26,27)28)22(34)31-21-18-13-33(24-7-10-32(11-8-24)12-9-24)23(35)15(2)20(18)29-16(3)30-21/h4-6,13H,7-12H2,1-3H3,(H,29,30,31,34). The minimum absolute atomic E-state index is 0.0903. The Kier molecular flexibility index (Phi) is 5.47. The number of rotatable bonds is 3. The Bertz CT molecular complexity index is 1390. The van der Waals surface area contributed by atoms with Crippen LogP contribution in [-0.4, -0.2) is 45.0 Å². The summed E-state index contributed by atoms with van der Waals surface area (Å²) in [5.74, 6) is -0.179. The lowest BCUT2D eigenvalue weighted by Crippen LogP contribution is -2.56. The van der Waals surface area contributed by atoms with Crippen LogP contribution in [0.15, 0.2) is 29.2 Å². The quantitative estimate of drug-likeness (QED) is 0.602. The van der Waals surface area contributed by atoms with Crippen LogP contribution in [0.2, 0.25) is 0 Å². The summed E-state index contributed by atoms with van der Waals surface area (Å²) in [7, 11) is 0. The summed E-state index contributed by atoms with van der Waals surface area (Å²) in [4.78, 5) is 37.8. The molecular weight excluding hydrogens is 459 g/mol. The molecule has 0 unspecified atom stereocenters. The number of amides is 1. The monoisotopic (exact) mass is 485 g/mol. The van der Waals surface area contributed by atoms with Crippen LogP contribution in [0.3, 0.4) is 0 Å². The molecule has 10 heteroatoms. The predicted octanol–water partition coefficient (Wildman–Crippen LogP) is 4.18. The van der Waals surface area contributed by atoms with E-state index in [1.165, 1.54) is 19.1 Å². The molecule has 0 spiro atoms. The van der Waals surface area contributed by atoms with Crippen molar-refractivity contribution in [2.24, 2.45) is 0 Å². The summed E-state index contributed by atoms with van der Waals surface area (Å²) in [5.41, 5.74) is -0.630. The molecule has 3 aliphatic heterocycles. The van der Waals surface area contributed by atoms with Gasteiger partial charge in [0.15, 0.2) is 0 Å². The van der Waals surface area contributed by atoms with Crippen LogP contribution in [0.4, 0.5) is 19.0 Å². The summed E-state index contributed by atoms with van der Waals surface area (Å²) in [5, 5.41) is 3.19. The van der Waals surface area contributed by atoms with Crippen molar-refractivity contribution in [2.75, 3.05) is 25.0 Å². The highest BCUT2D eigenvalue weighted by atomic mass is 19.4. The van der Waals surface area contributed by atoms with E-state index in [1.807, 2.05) is 0 Å². The molecule has 3 aromatic rings. The first-order valence-corrected chi connectivity index (χ1v) is 11.6. The first-order valence-electron chi connectivity index (χ1n) is 11.6. The normalized spacial score (nSPS) is 21.9. The molecule has 3 saturated heterocycles. The molecule has 0 radical (unpaired) electrons. The highest BCUT2D eigenvalue weighted by Crippen LogP contribution is 2.39. The average molecular weight is 486 g/mol. The van der Waals surface area contributed by atoms with Crippen LogP contribution in [-0.2, 0) is 11.7 Å². The van der Waals surface area contributed by atoms with Gasteiger partial charge >= 0.3 is 6.18 Å². The van der Waals surface area contributed by atoms with Gasteiger partial charge in [0.25, 0.3) is 11.5 Å². The van der Waals surface area contributed by atoms with Gasteiger partial charge in [0.1, 0.15) is 11.6 Å². The number of fused-ring (bicyclic) bond motifs is 4. The maximum atomic E-state index is 13.4. The first kappa shape index (κ1) is 23.5. The molecule has 35 heavy (non-hydrogen) atoms. The lowest BCUT2D eigenvalue weighted by Gasteiger charge is -2.49. The summed E-state index contributed by atoms with van der Waals surface area (Å²) < 4.78 is 41.9. The molecule has 5 heterocycles. The minimum atomic E-state index is -4.57. The number of hydrogen-bond acceptors (Lipinski definition) is 5. The number of anilines is 1. The number of nitrogens with zero attached hydrogens (tertiary/aromatic N) is 4. The molecule has 7 nitrogen and oxygen atoms in total. The van der Waals surface area contributed by atoms with E-state index < -0.39 is 17.6 Å². The maximum Gasteiger partial charge on any atom is 0.416 e. The van der Waals surface area contributed by atoms with E-state index in [1.54, 1.807) is 24.6 Å². The third-order valence-electron chi connectivity index (χ3n) is 7.52. The van der Waals surface area contributed by atoms with E-state index in [-0.39, 0.29) is 28.0 Å². The van der Waals surface area contributed by atoms with E-state index >= 15 is 0 Å². The lowest BCUT2D eigenvalue weighted by atomic mass is 9.79. The Balaban J connectivity index is 1.62. The molecule has 3 fully saturated rings. The van der Waals surface area contributed by atoms with Gasteiger partial charge in [-0.05, 0) is 57.7 Å². The van der Waals surface area contributed by atoms with Gasteiger partial charge in [-0.1, -0.05) is 6.07 Å². The molecule has 6 rings (SSSR count). The number of halogens is 3. The second-order valence-corrected chi connectivity index (χ2v) is 9.56. The summed E-state index contributed by atoms with van der Waals surface area (Å²) in [6.45, 7) is 7.40. The van der Waals surface area contributed by atoms with Crippen LogP contribution in [0.5, 0.6) is 0 Å². The molecule has 1 aromatic carbocycles. The van der Waals surface area contributed by atoms with Gasteiger partial charge in [-0.25, -0.2) is 9.97 Å². The van der Waals surface area contributed by atoms with Gasteiger partial charge in [-0.2, -0.15) is 13.2 Å². The highest BCUT2D eigenvalue weighted by Gasteiger charge is 2.42. The third kappa shape index (κ3) is 3.89. The van der Waals surface area contributed by atoms with Crippen molar-refractivity contribution in [1.82, 2.24) is 19.4 Å². The van der Waals surface area contributed by atoms with Crippen molar-refractivity contribution in [2.45, 2.75) is 51.7 Å². The second-order valence-electron chi connectivity index (χ2n) is 9.56. The topological polar surface area (TPSA) is 80.1 Å². The number of nitrogens with one attached hydrogen (secondary N) is 1. The number of carbonyl (C=O) groups is 1. The zero-order valence-corrected chi connectivity index (χ0v) is 19.8. The van der Waals surface area contributed by atoms with Crippen LogP contribution in [0.25, 0.3) is 10.9 Å². The van der Waals surface area contributed by atoms with Gasteiger partial charge < -0.3 is 14.8 Å². The van der Waals surface area contributed by atoms with E-state index in [0.29, 0.717) is 22.3 Å². The number of pyridine rings is 1. The van der Waals surface area contributed by atoms with Gasteiger partial charge in [-0.15, -0.1) is 0 Å². The average Bonchev–Trinajstić information content (AvgIpc) is 2.82. The number of hydrogen-bond donors (Lipinski definition) is 1. The first-order chi connectivity index (χ1) is 16.5. The van der Waals surface area contributed by atoms with Gasteiger partial charge in [0, 0.05) is 37.0 Å². The Morgan fingerprint density at radius 3 is 2.31 bits per heavy atom. The Morgan fingerprint density at radius 2 is 1.69 bits per heavy atom. The number of carbonyl (C=O) groups excluding carboxylic acids is 1. The van der Waals surface area contributed by atoms with Crippen molar-refractivity contribution < 1.29 is 18.0 Å². The molecule has 0 aliphatic carbocycles. The summed E-state index contributed by atoms with van der Waals surface area (Å²) >= 11 is 0. The molecule has 1 N–H and O–H groups in total. The minimum Gasteiger partial charge on any atom is -0.308 e. The van der Waals surface area contributed by atoms with Gasteiger partial charge in [0.2, 0.25) is 0 Å². The van der Waals surface area contributed by atoms with E-state index in [2.05, 4.69) is 20.2 Å². The van der Waals surface area contributed by atoms with Crippen molar-refractivity contribution in [3.05, 3.63) is 62.8 Å². The van der Waals surface area contributed by atoms with Crippen molar-refractivity contribution in [3.8, 4) is 0 Å². The van der Waals surface area contributed by atoms with Gasteiger partial charge in [0.05, 0.1) is 22.0 Å². The van der Waals surface area contributed by atoms with E-state index in [9.17, 15) is 22.8 Å². The largest absolute Gasteiger partial charge is 0.416 e. The number of aryl methyl sites for hydroxylation is 2. The van der Waals surface area contributed by atoms with E-state index in [0.717, 1.165) is 45.0 Å². The lowest BCUT2D eigenvalue weighted by molar-refractivity contribution is -0.138. The Hall–Kier alpha value is -3.27.